The van der Waals surface area contributed by atoms with Crippen molar-refractivity contribution >= 4 is 11.9 Å². The van der Waals surface area contributed by atoms with Crippen LogP contribution in [0.5, 0.6) is 0 Å². The van der Waals surface area contributed by atoms with Crippen molar-refractivity contribution in [2.24, 2.45) is 0 Å². The van der Waals surface area contributed by atoms with E-state index in [0.717, 1.165) is 16.9 Å². The van der Waals surface area contributed by atoms with Crippen molar-refractivity contribution in [3.8, 4) is 0 Å². The number of furan rings is 1. The molecule has 0 aliphatic heterocycles. The molecule has 0 atom stereocenters. The van der Waals surface area contributed by atoms with Crippen molar-refractivity contribution in [2.75, 3.05) is 5.32 Å². The standard InChI is InChI=1S/C18H18N4O2/c1-13-5-2-3-6-14(13)11-20-17(23)16-8-9-19-18(22-16)21-12-15-7-4-10-24-15/h2-10H,11-12H2,1H3,(H,20,23)(H,19,21,22). The maximum absolute atomic E-state index is 12.3. The van der Waals surface area contributed by atoms with Crippen LogP contribution in [0.25, 0.3) is 0 Å². The molecule has 1 aromatic carbocycles. The minimum Gasteiger partial charge on any atom is -0.467 e. The maximum atomic E-state index is 12.3. The molecule has 0 aliphatic rings. The summed E-state index contributed by atoms with van der Waals surface area (Å²) in [5.74, 6) is 0.921. The fourth-order valence-corrected chi connectivity index (χ4v) is 2.22. The summed E-state index contributed by atoms with van der Waals surface area (Å²) >= 11 is 0. The Morgan fingerprint density at radius 2 is 2.00 bits per heavy atom. The maximum Gasteiger partial charge on any atom is 0.270 e. The van der Waals surface area contributed by atoms with Crippen LogP contribution in [0.2, 0.25) is 0 Å². The SMILES string of the molecule is Cc1ccccc1CNC(=O)c1ccnc(NCc2ccco2)n1. The monoisotopic (exact) mass is 322 g/mol. The molecule has 6 nitrogen and oxygen atoms in total. The van der Waals surface area contributed by atoms with Crippen LogP contribution in [0.15, 0.2) is 59.3 Å². The number of carbonyl (C=O) groups is 1. The first-order valence-corrected chi connectivity index (χ1v) is 7.64. The average Bonchev–Trinajstić information content (AvgIpc) is 3.13. The van der Waals surface area contributed by atoms with Crippen LogP contribution >= 0.6 is 0 Å². The number of nitrogens with zero attached hydrogens (tertiary/aromatic N) is 2. The lowest BCUT2D eigenvalue weighted by Gasteiger charge is -2.08. The van der Waals surface area contributed by atoms with Gasteiger partial charge in [-0.2, -0.15) is 0 Å². The number of aryl methyl sites for hydroxylation is 1. The Morgan fingerprint density at radius 3 is 2.79 bits per heavy atom. The van der Waals surface area contributed by atoms with Crippen molar-refractivity contribution in [1.29, 1.82) is 0 Å². The lowest BCUT2D eigenvalue weighted by atomic mass is 10.1. The van der Waals surface area contributed by atoms with Gasteiger partial charge in [0.2, 0.25) is 5.95 Å². The quantitative estimate of drug-likeness (QED) is 0.729. The van der Waals surface area contributed by atoms with E-state index in [2.05, 4.69) is 20.6 Å². The van der Waals surface area contributed by atoms with E-state index in [4.69, 9.17) is 4.42 Å². The van der Waals surface area contributed by atoms with Gasteiger partial charge in [0.1, 0.15) is 11.5 Å². The molecule has 0 unspecified atom stereocenters. The number of aromatic nitrogens is 2. The molecule has 0 radical (unpaired) electrons. The molecule has 3 aromatic rings. The number of nitrogens with one attached hydrogen (secondary N) is 2. The molecule has 6 heteroatoms. The second-order valence-electron chi connectivity index (χ2n) is 5.31. The molecule has 1 amide bonds. The Morgan fingerprint density at radius 1 is 1.12 bits per heavy atom. The Bertz CT molecular complexity index is 815. The van der Waals surface area contributed by atoms with Gasteiger partial charge < -0.3 is 15.1 Å². The smallest absolute Gasteiger partial charge is 0.270 e. The topological polar surface area (TPSA) is 80.0 Å². The lowest BCUT2D eigenvalue weighted by Crippen LogP contribution is -2.24. The fourth-order valence-electron chi connectivity index (χ4n) is 2.22. The molecule has 0 spiro atoms. The molecule has 2 N–H and O–H groups in total. The van der Waals surface area contributed by atoms with Gasteiger partial charge in [-0.05, 0) is 36.2 Å². The van der Waals surface area contributed by atoms with Crippen LogP contribution in [0.1, 0.15) is 27.4 Å². The molecule has 0 saturated carbocycles. The third-order valence-electron chi connectivity index (χ3n) is 3.59. The number of hydrogen-bond acceptors (Lipinski definition) is 5. The normalized spacial score (nSPS) is 10.4. The highest BCUT2D eigenvalue weighted by Gasteiger charge is 2.09. The highest BCUT2D eigenvalue weighted by molar-refractivity contribution is 5.92. The van der Waals surface area contributed by atoms with Crippen molar-refractivity contribution in [2.45, 2.75) is 20.0 Å². The summed E-state index contributed by atoms with van der Waals surface area (Å²) in [6.45, 7) is 2.94. The zero-order chi connectivity index (χ0) is 16.8. The number of hydrogen-bond donors (Lipinski definition) is 2. The molecule has 0 bridgehead atoms. The van der Waals surface area contributed by atoms with E-state index in [1.54, 1.807) is 18.5 Å². The zero-order valence-corrected chi connectivity index (χ0v) is 13.3. The van der Waals surface area contributed by atoms with E-state index >= 15 is 0 Å². The first-order valence-electron chi connectivity index (χ1n) is 7.64. The van der Waals surface area contributed by atoms with Gasteiger partial charge in [0, 0.05) is 12.7 Å². The predicted molar refractivity (Wildman–Crippen MR) is 90.4 cm³/mol. The highest BCUT2D eigenvalue weighted by Crippen LogP contribution is 2.08. The van der Waals surface area contributed by atoms with Gasteiger partial charge in [0.25, 0.3) is 5.91 Å². The third-order valence-corrected chi connectivity index (χ3v) is 3.59. The molecular weight excluding hydrogens is 304 g/mol. The van der Waals surface area contributed by atoms with Gasteiger partial charge in [-0.25, -0.2) is 9.97 Å². The molecule has 2 aromatic heterocycles. The second kappa shape index (κ2) is 7.41. The molecule has 24 heavy (non-hydrogen) atoms. The molecular formula is C18H18N4O2. The van der Waals surface area contributed by atoms with Crippen LogP contribution in [0.3, 0.4) is 0 Å². The number of carbonyl (C=O) groups excluding carboxylic acids is 1. The minimum atomic E-state index is -0.235. The summed E-state index contributed by atoms with van der Waals surface area (Å²) in [5.41, 5.74) is 2.54. The van der Waals surface area contributed by atoms with Crippen molar-refractivity contribution < 1.29 is 9.21 Å². The summed E-state index contributed by atoms with van der Waals surface area (Å²) in [7, 11) is 0. The Labute approximate surface area is 140 Å². The minimum absolute atomic E-state index is 0.235. The zero-order valence-electron chi connectivity index (χ0n) is 13.3. The van der Waals surface area contributed by atoms with E-state index < -0.39 is 0 Å². The summed E-state index contributed by atoms with van der Waals surface area (Å²) in [6.07, 6.45) is 3.16. The van der Waals surface area contributed by atoms with Gasteiger partial charge in [0.15, 0.2) is 0 Å². The Balaban J connectivity index is 1.60. The van der Waals surface area contributed by atoms with E-state index in [1.807, 2.05) is 43.3 Å². The van der Waals surface area contributed by atoms with E-state index in [9.17, 15) is 4.79 Å². The third kappa shape index (κ3) is 3.98. The lowest BCUT2D eigenvalue weighted by molar-refractivity contribution is 0.0946. The van der Waals surface area contributed by atoms with Crippen LogP contribution in [0.4, 0.5) is 5.95 Å². The molecule has 0 saturated heterocycles. The average molecular weight is 322 g/mol. The highest BCUT2D eigenvalue weighted by atomic mass is 16.3. The van der Waals surface area contributed by atoms with Gasteiger partial charge in [-0.1, -0.05) is 24.3 Å². The number of amides is 1. The number of rotatable bonds is 6. The van der Waals surface area contributed by atoms with Crippen LogP contribution in [-0.2, 0) is 13.1 Å². The van der Waals surface area contributed by atoms with Crippen LogP contribution in [0, 0.1) is 6.92 Å². The summed E-state index contributed by atoms with van der Waals surface area (Å²) < 4.78 is 5.23. The van der Waals surface area contributed by atoms with Crippen molar-refractivity contribution in [1.82, 2.24) is 15.3 Å². The van der Waals surface area contributed by atoms with Crippen molar-refractivity contribution in [3.05, 3.63) is 77.5 Å². The number of benzene rings is 1. The van der Waals surface area contributed by atoms with Crippen molar-refractivity contribution in [3.63, 3.8) is 0 Å². The van der Waals surface area contributed by atoms with E-state index in [1.165, 1.54) is 0 Å². The Hall–Kier alpha value is -3.15. The first-order chi connectivity index (χ1) is 11.7. The van der Waals surface area contributed by atoms with Gasteiger partial charge in [-0.3, -0.25) is 4.79 Å². The van der Waals surface area contributed by atoms with Gasteiger partial charge in [0.05, 0.1) is 12.8 Å². The van der Waals surface area contributed by atoms with E-state index in [-0.39, 0.29) is 5.91 Å². The fraction of sp³-hybridized carbons (Fsp3) is 0.167. The van der Waals surface area contributed by atoms with E-state index in [0.29, 0.717) is 24.7 Å². The summed E-state index contributed by atoms with van der Waals surface area (Å²) in [4.78, 5) is 20.6. The number of anilines is 1. The van der Waals surface area contributed by atoms with Crippen LogP contribution in [-0.4, -0.2) is 15.9 Å². The largest absolute Gasteiger partial charge is 0.467 e. The molecule has 0 aliphatic carbocycles. The summed E-state index contributed by atoms with van der Waals surface area (Å²) in [6, 6.07) is 13.2. The Kier molecular flexibility index (Phi) is 4.86. The predicted octanol–water partition coefficient (Wildman–Crippen LogP) is 2.92. The van der Waals surface area contributed by atoms with Gasteiger partial charge >= 0.3 is 0 Å². The molecule has 3 rings (SSSR count). The first kappa shape index (κ1) is 15.7. The van der Waals surface area contributed by atoms with Gasteiger partial charge in [-0.15, -0.1) is 0 Å². The molecule has 122 valence electrons. The molecule has 0 fully saturated rings. The summed E-state index contributed by atoms with van der Waals surface area (Å²) in [5, 5.41) is 5.91. The van der Waals surface area contributed by atoms with Crippen LogP contribution < -0.4 is 10.6 Å². The molecule has 2 heterocycles. The second-order valence-corrected chi connectivity index (χ2v) is 5.31.